The second-order valence-corrected chi connectivity index (χ2v) is 6.93. The number of methoxy groups -OCH3 is 1. The molecule has 1 N–H and O–H groups in total. The van der Waals surface area contributed by atoms with Gasteiger partial charge in [0.25, 0.3) is 0 Å². The fourth-order valence-corrected chi connectivity index (χ4v) is 4.29. The van der Waals surface area contributed by atoms with Crippen molar-refractivity contribution >= 4 is 5.91 Å². The number of benzene rings is 1. The number of hydrogen-bond acceptors (Lipinski definition) is 4. The van der Waals surface area contributed by atoms with E-state index in [9.17, 15) is 9.90 Å². The first-order chi connectivity index (χ1) is 11.6. The Morgan fingerprint density at radius 2 is 2.12 bits per heavy atom. The minimum absolute atomic E-state index is 0.0714. The quantitative estimate of drug-likeness (QED) is 0.866. The second kappa shape index (κ2) is 7.11. The first-order valence-corrected chi connectivity index (χ1v) is 8.93. The molecule has 2 fully saturated rings. The number of amides is 1. The lowest BCUT2D eigenvalue weighted by Crippen LogP contribution is -2.51. The van der Waals surface area contributed by atoms with Crippen LogP contribution in [0.4, 0.5) is 0 Å². The standard InChI is InChI=1S/C19H28N2O3/c1-3-20(13-15-5-7-16(24-2)8-6-15)18(23)17-9-11-19(14-22)10-4-12-21(17)19/h5-8,17,22H,3-4,9-14H2,1-2H3/t17-,19+/m0/s1. The third-order valence-corrected chi connectivity index (χ3v) is 5.72. The number of rotatable bonds is 6. The molecule has 1 amide bonds. The number of fused-ring (bicyclic) bond motifs is 1. The Balaban J connectivity index is 1.70. The van der Waals surface area contributed by atoms with E-state index in [0.29, 0.717) is 13.1 Å². The van der Waals surface area contributed by atoms with E-state index < -0.39 is 0 Å². The van der Waals surface area contributed by atoms with E-state index in [0.717, 1.165) is 43.5 Å². The highest BCUT2D eigenvalue weighted by molar-refractivity contribution is 5.82. The fraction of sp³-hybridized carbons (Fsp3) is 0.632. The molecule has 0 unspecified atom stereocenters. The van der Waals surface area contributed by atoms with Crippen molar-refractivity contribution in [1.29, 1.82) is 0 Å². The predicted molar refractivity (Wildman–Crippen MR) is 92.9 cm³/mol. The van der Waals surface area contributed by atoms with E-state index in [-0.39, 0.29) is 24.1 Å². The summed E-state index contributed by atoms with van der Waals surface area (Å²) in [6.07, 6.45) is 3.88. The highest BCUT2D eigenvalue weighted by atomic mass is 16.5. The van der Waals surface area contributed by atoms with Gasteiger partial charge < -0.3 is 14.7 Å². The second-order valence-electron chi connectivity index (χ2n) is 6.93. The molecule has 0 saturated carbocycles. The van der Waals surface area contributed by atoms with Crippen molar-refractivity contribution < 1.29 is 14.6 Å². The van der Waals surface area contributed by atoms with Crippen molar-refractivity contribution in [2.75, 3.05) is 26.8 Å². The molecule has 0 aliphatic carbocycles. The lowest BCUT2D eigenvalue weighted by molar-refractivity contribution is -0.137. The normalized spacial score (nSPS) is 26.4. The van der Waals surface area contributed by atoms with Gasteiger partial charge in [0, 0.05) is 18.6 Å². The van der Waals surface area contributed by atoms with Crippen molar-refractivity contribution in [3.63, 3.8) is 0 Å². The van der Waals surface area contributed by atoms with Gasteiger partial charge in [0.1, 0.15) is 5.75 Å². The molecule has 1 aromatic carbocycles. The predicted octanol–water partition coefficient (Wildman–Crippen LogP) is 2.03. The summed E-state index contributed by atoms with van der Waals surface area (Å²) < 4.78 is 5.19. The summed E-state index contributed by atoms with van der Waals surface area (Å²) in [5.41, 5.74) is 0.971. The molecule has 2 saturated heterocycles. The third kappa shape index (κ3) is 3.03. The molecular weight excluding hydrogens is 304 g/mol. The van der Waals surface area contributed by atoms with Gasteiger partial charge in [-0.05, 0) is 56.8 Å². The number of nitrogens with zero attached hydrogens (tertiary/aromatic N) is 2. The molecule has 0 aromatic heterocycles. The van der Waals surface area contributed by atoms with Crippen LogP contribution in [0.2, 0.25) is 0 Å². The number of ether oxygens (including phenoxy) is 1. The largest absolute Gasteiger partial charge is 0.497 e. The van der Waals surface area contributed by atoms with Crippen LogP contribution < -0.4 is 4.74 Å². The third-order valence-electron chi connectivity index (χ3n) is 5.72. The molecule has 2 heterocycles. The van der Waals surface area contributed by atoms with Gasteiger partial charge in [-0.25, -0.2) is 0 Å². The number of carbonyl (C=O) groups excluding carboxylic acids is 1. The van der Waals surface area contributed by atoms with Crippen LogP contribution in [-0.2, 0) is 11.3 Å². The van der Waals surface area contributed by atoms with Crippen LogP contribution in [0.15, 0.2) is 24.3 Å². The van der Waals surface area contributed by atoms with Crippen molar-refractivity contribution in [3.8, 4) is 5.75 Å². The zero-order valence-electron chi connectivity index (χ0n) is 14.7. The fourth-order valence-electron chi connectivity index (χ4n) is 4.29. The van der Waals surface area contributed by atoms with Gasteiger partial charge in [0.05, 0.1) is 19.8 Å². The molecule has 0 bridgehead atoms. The maximum absolute atomic E-state index is 13.1. The summed E-state index contributed by atoms with van der Waals surface area (Å²) in [6, 6.07) is 7.81. The summed E-state index contributed by atoms with van der Waals surface area (Å²) in [7, 11) is 1.65. The van der Waals surface area contributed by atoms with Crippen LogP contribution in [0.25, 0.3) is 0 Å². The van der Waals surface area contributed by atoms with Crippen LogP contribution in [0.1, 0.15) is 38.2 Å². The van der Waals surface area contributed by atoms with Crippen molar-refractivity contribution in [2.45, 2.75) is 50.7 Å². The maximum atomic E-state index is 13.1. The molecule has 24 heavy (non-hydrogen) atoms. The molecular formula is C19H28N2O3. The Kier molecular flexibility index (Phi) is 5.11. The summed E-state index contributed by atoms with van der Waals surface area (Å²) in [5.74, 6) is 1.03. The molecule has 5 heteroatoms. The number of carbonyl (C=O) groups is 1. The monoisotopic (exact) mass is 332 g/mol. The van der Waals surface area contributed by atoms with E-state index in [2.05, 4.69) is 4.90 Å². The summed E-state index contributed by atoms with van der Waals surface area (Å²) >= 11 is 0. The van der Waals surface area contributed by atoms with Gasteiger partial charge in [-0.3, -0.25) is 9.69 Å². The van der Waals surface area contributed by atoms with Gasteiger partial charge in [-0.2, -0.15) is 0 Å². The molecule has 2 atom stereocenters. The Bertz CT molecular complexity index is 574. The summed E-state index contributed by atoms with van der Waals surface area (Å²) in [5, 5.41) is 9.83. The molecule has 0 radical (unpaired) electrons. The van der Waals surface area contributed by atoms with E-state index in [4.69, 9.17) is 4.74 Å². The van der Waals surface area contributed by atoms with Crippen LogP contribution >= 0.6 is 0 Å². The van der Waals surface area contributed by atoms with E-state index in [1.54, 1.807) is 7.11 Å². The van der Waals surface area contributed by atoms with Gasteiger partial charge in [-0.1, -0.05) is 12.1 Å². The minimum Gasteiger partial charge on any atom is -0.497 e. The van der Waals surface area contributed by atoms with Gasteiger partial charge in [0.2, 0.25) is 5.91 Å². The lowest BCUT2D eigenvalue weighted by Gasteiger charge is -2.35. The zero-order chi connectivity index (χ0) is 17.2. The average molecular weight is 332 g/mol. The molecule has 1 aromatic rings. The minimum atomic E-state index is -0.139. The van der Waals surface area contributed by atoms with Crippen molar-refractivity contribution in [1.82, 2.24) is 9.80 Å². The van der Waals surface area contributed by atoms with Gasteiger partial charge >= 0.3 is 0 Å². The summed E-state index contributed by atoms with van der Waals surface area (Å²) in [4.78, 5) is 17.3. The van der Waals surface area contributed by atoms with Crippen LogP contribution in [0.3, 0.4) is 0 Å². The summed E-state index contributed by atoms with van der Waals surface area (Å²) in [6.45, 7) is 4.44. The smallest absolute Gasteiger partial charge is 0.240 e. The highest BCUT2D eigenvalue weighted by Crippen LogP contribution is 2.42. The van der Waals surface area contributed by atoms with E-state index in [1.807, 2.05) is 36.1 Å². The number of hydrogen-bond donors (Lipinski definition) is 1. The van der Waals surface area contributed by atoms with Crippen LogP contribution in [-0.4, -0.2) is 59.2 Å². The average Bonchev–Trinajstić information content (AvgIpc) is 3.18. The molecule has 3 rings (SSSR count). The van der Waals surface area contributed by atoms with Crippen LogP contribution in [0.5, 0.6) is 5.75 Å². The SMILES string of the molecule is CCN(Cc1ccc(OC)cc1)C(=O)[C@@H]1CC[C@@]2(CO)CCCN12. The van der Waals surface area contributed by atoms with Crippen molar-refractivity contribution in [3.05, 3.63) is 29.8 Å². The van der Waals surface area contributed by atoms with Crippen molar-refractivity contribution in [2.24, 2.45) is 0 Å². The topological polar surface area (TPSA) is 53.0 Å². The zero-order valence-corrected chi connectivity index (χ0v) is 14.7. The number of aliphatic hydroxyl groups excluding tert-OH is 1. The Morgan fingerprint density at radius 3 is 2.75 bits per heavy atom. The van der Waals surface area contributed by atoms with E-state index in [1.165, 1.54) is 0 Å². The molecule has 2 aliphatic heterocycles. The first-order valence-electron chi connectivity index (χ1n) is 8.93. The Morgan fingerprint density at radius 1 is 1.38 bits per heavy atom. The molecule has 2 aliphatic rings. The molecule has 5 nitrogen and oxygen atoms in total. The van der Waals surface area contributed by atoms with Gasteiger partial charge in [0.15, 0.2) is 0 Å². The molecule has 132 valence electrons. The number of likely N-dealkylation sites (N-methyl/N-ethyl adjacent to an activating group) is 1. The van der Waals surface area contributed by atoms with Gasteiger partial charge in [-0.15, -0.1) is 0 Å². The first kappa shape index (κ1) is 17.2. The van der Waals surface area contributed by atoms with Crippen LogP contribution in [0, 0.1) is 0 Å². The number of aliphatic hydroxyl groups is 1. The Hall–Kier alpha value is -1.59. The Labute approximate surface area is 144 Å². The highest BCUT2D eigenvalue weighted by Gasteiger charge is 2.51. The van der Waals surface area contributed by atoms with E-state index >= 15 is 0 Å². The lowest BCUT2D eigenvalue weighted by atomic mass is 9.95. The maximum Gasteiger partial charge on any atom is 0.240 e. The molecule has 0 spiro atoms.